The van der Waals surface area contributed by atoms with E-state index < -0.39 is 6.10 Å². The Balaban J connectivity index is 1.98. The molecule has 0 saturated carbocycles. The Labute approximate surface area is 126 Å². The van der Waals surface area contributed by atoms with E-state index in [0.717, 1.165) is 17.7 Å². The molecule has 0 amide bonds. The third kappa shape index (κ3) is 4.05. The van der Waals surface area contributed by atoms with E-state index in [2.05, 4.69) is 15.9 Å². The van der Waals surface area contributed by atoms with Crippen LogP contribution in [0.5, 0.6) is 5.75 Å². The first-order valence-corrected chi connectivity index (χ1v) is 7.15. The van der Waals surface area contributed by atoms with Crippen LogP contribution in [0.15, 0.2) is 46.9 Å². The lowest BCUT2D eigenvalue weighted by molar-refractivity contribution is 0.167. The zero-order chi connectivity index (χ0) is 14.5. The van der Waals surface area contributed by atoms with Gasteiger partial charge in [0, 0.05) is 4.47 Å². The Kier molecular flexibility index (Phi) is 5.15. The molecule has 0 heterocycles. The Bertz CT molecular complexity index is 549. The van der Waals surface area contributed by atoms with Crippen LogP contribution < -0.4 is 4.74 Å². The second kappa shape index (κ2) is 6.86. The number of methoxy groups -OCH3 is 1. The van der Waals surface area contributed by atoms with Crippen molar-refractivity contribution in [2.45, 2.75) is 18.9 Å². The van der Waals surface area contributed by atoms with Crippen molar-refractivity contribution in [3.8, 4) is 5.75 Å². The number of hydrogen-bond donors (Lipinski definition) is 1. The maximum absolute atomic E-state index is 13.3. The normalized spacial score (nSPS) is 12.2. The maximum atomic E-state index is 13.3. The molecule has 4 heteroatoms. The van der Waals surface area contributed by atoms with Gasteiger partial charge in [-0.3, -0.25) is 0 Å². The standard InChI is InChI=1S/C16H16BrFO2/c1-20-15-5-2-11(3-6-15)4-7-16(19)12-8-13(17)10-14(18)9-12/h2-3,5-6,8-10,16,19H,4,7H2,1H3. The number of hydrogen-bond acceptors (Lipinski definition) is 2. The largest absolute Gasteiger partial charge is 0.497 e. The van der Waals surface area contributed by atoms with Gasteiger partial charge in [-0.2, -0.15) is 0 Å². The molecule has 0 aliphatic heterocycles. The highest BCUT2D eigenvalue weighted by Gasteiger charge is 2.10. The van der Waals surface area contributed by atoms with Gasteiger partial charge < -0.3 is 9.84 Å². The predicted octanol–water partition coefficient (Wildman–Crippen LogP) is 4.26. The van der Waals surface area contributed by atoms with Crippen molar-refractivity contribution in [1.29, 1.82) is 0 Å². The molecule has 0 bridgehead atoms. The molecular weight excluding hydrogens is 323 g/mol. The minimum Gasteiger partial charge on any atom is -0.497 e. The first-order valence-electron chi connectivity index (χ1n) is 6.35. The number of aliphatic hydroxyl groups is 1. The van der Waals surface area contributed by atoms with Crippen LogP contribution >= 0.6 is 15.9 Å². The minimum atomic E-state index is -0.677. The molecule has 2 aromatic rings. The molecule has 0 aliphatic rings. The summed E-state index contributed by atoms with van der Waals surface area (Å²) in [5.74, 6) is 0.459. The topological polar surface area (TPSA) is 29.5 Å². The van der Waals surface area contributed by atoms with Gasteiger partial charge in [-0.05, 0) is 54.3 Å². The summed E-state index contributed by atoms with van der Waals surface area (Å²) >= 11 is 3.23. The lowest BCUT2D eigenvalue weighted by Crippen LogP contribution is -2.00. The number of aryl methyl sites for hydroxylation is 1. The third-order valence-corrected chi connectivity index (χ3v) is 3.59. The molecule has 2 rings (SSSR count). The summed E-state index contributed by atoms with van der Waals surface area (Å²) in [5, 5.41) is 10.1. The van der Waals surface area contributed by atoms with Gasteiger partial charge in [0.25, 0.3) is 0 Å². The van der Waals surface area contributed by atoms with Crippen molar-refractivity contribution in [2.75, 3.05) is 7.11 Å². The van der Waals surface area contributed by atoms with Crippen LogP contribution in [0, 0.1) is 5.82 Å². The number of aliphatic hydroxyl groups excluding tert-OH is 1. The van der Waals surface area contributed by atoms with Gasteiger partial charge in [-0.25, -0.2) is 4.39 Å². The molecule has 0 fully saturated rings. The van der Waals surface area contributed by atoms with Gasteiger partial charge in [-0.15, -0.1) is 0 Å². The Hall–Kier alpha value is -1.39. The molecule has 2 nitrogen and oxygen atoms in total. The van der Waals surface area contributed by atoms with Crippen molar-refractivity contribution < 1.29 is 14.2 Å². The summed E-state index contributed by atoms with van der Waals surface area (Å²) in [6, 6.07) is 12.2. The number of ether oxygens (including phenoxy) is 1. The van der Waals surface area contributed by atoms with E-state index in [4.69, 9.17) is 4.74 Å². The highest BCUT2D eigenvalue weighted by atomic mass is 79.9. The molecule has 0 spiro atoms. The molecule has 0 saturated heterocycles. The highest BCUT2D eigenvalue weighted by molar-refractivity contribution is 9.10. The zero-order valence-corrected chi connectivity index (χ0v) is 12.7. The van der Waals surface area contributed by atoms with Crippen LogP contribution in [0.4, 0.5) is 4.39 Å². The first-order chi connectivity index (χ1) is 9.58. The molecule has 0 aliphatic carbocycles. The molecule has 1 atom stereocenters. The summed E-state index contributed by atoms with van der Waals surface area (Å²) < 4.78 is 19.0. The van der Waals surface area contributed by atoms with Crippen LogP contribution in [-0.2, 0) is 6.42 Å². The van der Waals surface area contributed by atoms with Gasteiger partial charge in [0.1, 0.15) is 11.6 Å². The lowest BCUT2D eigenvalue weighted by Gasteiger charge is -2.12. The average Bonchev–Trinajstić information content (AvgIpc) is 2.44. The average molecular weight is 339 g/mol. The van der Waals surface area contributed by atoms with E-state index in [0.29, 0.717) is 16.5 Å². The van der Waals surface area contributed by atoms with Crippen molar-refractivity contribution in [3.63, 3.8) is 0 Å². The second-order valence-electron chi connectivity index (χ2n) is 4.61. The molecule has 1 N–H and O–H groups in total. The summed E-state index contributed by atoms with van der Waals surface area (Å²) in [6.45, 7) is 0. The van der Waals surface area contributed by atoms with Crippen molar-refractivity contribution in [1.82, 2.24) is 0 Å². The van der Waals surface area contributed by atoms with Gasteiger partial charge in [0.05, 0.1) is 13.2 Å². The summed E-state index contributed by atoms with van der Waals surface area (Å²) in [6.07, 6.45) is 0.589. The van der Waals surface area contributed by atoms with Crippen LogP contribution in [0.1, 0.15) is 23.7 Å². The van der Waals surface area contributed by atoms with Crippen LogP contribution in [-0.4, -0.2) is 12.2 Å². The van der Waals surface area contributed by atoms with Crippen molar-refractivity contribution >= 4 is 15.9 Å². The number of halogens is 2. The van der Waals surface area contributed by atoms with Gasteiger partial charge >= 0.3 is 0 Å². The Morgan fingerprint density at radius 2 is 1.90 bits per heavy atom. The van der Waals surface area contributed by atoms with E-state index in [9.17, 15) is 9.50 Å². The lowest BCUT2D eigenvalue weighted by atomic mass is 10.0. The van der Waals surface area contributed by atoms with E-state index >= 15 is 0 Å². The fourth-order valence-electron chi connectivity index (χ4n) is 2.03. The maximum Gasteiger partial charge on any atom is 0.124 e. The predicted molar refractivity (Wildman–Crippen MR) is 80.4 cm³/mol. The fraction of sp³-hybridized carbons (Fsp3) is 0.250. The Morgan fingerprint density at radius 3 is 2.50 bits per heavy atom. The van der Waals surface area contributed by atoms with Crippen LogP contribution in [0.3, 0.4) is 0 Å². The molecule has 2 aromatic carbocycles. The van der Waals surface area contributed by atoms with Gasteiger partial charge in [0.2, 0.25) is 0 Å². The molecule has 0 radical (unpaired) electrons. The van der Waals surface area contributed by atoms with E-state index in [1.165, 1.54) is 12.1 Å². The monoisotopic (exact) mass is 338 g/mol. The third-order valence-electron chi connectivity index (χ3n) is 3.14. The first kappa shape index (κ1) is 15.0. The molecule has 106 valence electrons. The van der Waals surface area contributed by atoms with Crippen LogP contribution in [0.25, 0.3) is 0 Å². The summed E-state index contributed by atoms with van der Waals surface area (Å²) in [5.41, 5.74) is 1.70. The smallest absolute Gasteiger partial charge is 0.124 e. The van der Waals surface area contributed by atoms with Crippen molar-refractivity contribution in [3.05, 3.63) is 63.9 Å². The van der Waals surface area contributed by atoms with Gasteiger partial charge in [0.15, 0.2) is 0 Å². The molecule has 0 aromatic heterocycles. The molecule has 20 heavy (non-hydrogen) atoms. The van der Waals surface area contributed by atoms with Crippen molar-refractivity contribution in [2.24, 2.45) is 0 Å². The minimum absolute atomic E-state index is 0.349. The molecular formula is C16H16BrFO2. The zero-order valence-electron chi connectivity index (χ0n) is 11.1. The van der Waals surface area contributed by atoms with E-state index in [1.54, 1.807) is 13.2 Å². The van der Waals surface area contributed by atoms with Crippen LogP contribution in [0.2, 0.25) is 0 Å². The molecule has 1 unspecified atom stereocenters. The fourth-order valence-corrected chi connectivity index (χ4v) is 2.51. The number of benzene rings is 2. The Morgan fingerprint density at radius 1 is 1.20 bits per heavy atom. The number of rotatable bonds is 5. The quantitative estimate of drug-likeness (QED) is 0.882. The van der Waals surface area contributed by atoms with E-state index in [-0.39, 0.29) is 5.82 Å². The van der Waals surface area contributed by atoms with Gasteiger partial charge in [-0.1, -0.05) is 28.1 Å². The van der Waals surface area contributed by atoms with E-state index in [1.807, 2.05) is 24.3 Å². The second-order valence-corrected chi connectivity index (χ2v) is 5.52. The SMILES string of the molecule is COc1ccc(CCC(O)c2cc(F)cc(Br)c2)cc1. The summed E-state index contributed by atoms with van der Waals surface area (Å²) in [4.78, 5) is 0. The highest BCUT2D eigenvalue weighted by Crippen LogP contribution is 2.24. The summed E-state index contributed by atoms with van der Waals surface area (Å²) in [7, 11) is 1.63.